The van der Waals surface area contributed by atoms with Gasteiger partial charge in [0, 0.05) is 44.8 Å². The lowest BCUT2D eigenvalue weighted by atomic mass is 10.1. The molecule has 1 aliphatic heterocycles. The quantitative estimate of drug-likeness (QED) is 0.682. The fraction of sp³-hybridized carbons (Fsp3) is 0.500. The fourth-order valence-corrected chi connectivity index (χ4v) is 3.59. The summed E-state index contributed by atoms with van der Waals surface area (Å²) in [5.41, 5.74) is 1.34. The molecule has 0 aliphatic carbocycles. The summed E-state index contributed by atoms with van der Waals surface area (Å²) in [6, 6.07) is 12.9. The molecule has 28 heavy (non-hydrogen) atoms. The smallest absolute Gasteiger partial charge is 0.306 e. The summed E-state index contributed by atoms with van der Waals surface area (Å²) in [5, 5.41) is 0. The molecule has 0 bridgehead atoms. The van der Waals surface area contributed by atoms with Crippen LogP contribution in [0.15, 0.2) is 42.6 Å². The second kappa shape index (κ2) is 9.64. The lowest BCUT2D eigenvalue weighted by Gasteiger charge is -2.40. The third-order valence-electron chi connectivity index (χ3n) is 5.04. The van der Waals surface area contributed by atoms with Crippen LogP contribution < -0.4 is 4.90 Å². The number of ether oxygens (including phenoxy) is 1. The summed E-state index contributed by atoms with van der Waals surface area (Å²) in [5.74, 6) is 1.25. The highest BCUT2D eigenvalue weighted by atomic mass is 16.5. The molecule has 0 radical (unpaired) electrons. The van der Waals surface area contributed by atoms with Gasteiger partial charge in [0.2, 0.25) is 0 Å². The fourth-order valence-electron chi connectivity index (χ4n) is 3.59. The summed E-state index contributed by atoms with van der Waals surface area (Å²) >= 11 is 0. The van der Waals surface area contributed by atoms with Crippen molar-refractivity contribution in [3.05, 3.63) is 54.0 Å². The van der Waals surface area contributed by atoms with E-state index in [-0.39, 0.29) is 5.97 Å². The van der Waals surface area contributed by atoms with Crippen LogP contribution in [0.1, 0.15) is 51.1 Å². The third-order valence-corrected chi connectivity index (χ3v) is 5.04. The Bertz CT molecular complexity index is 768. The normalized spacial score (nSPS) is 18.7. The molecule has 3 rings (SSSR count). The molecule has 0 saturated carbocycles. The van der Waals surface area contributed by atoms with E-state index in [1.165, 1.54) is 5.56 Å². The summed E-state index contributed by atoms with van der Waals surface area (Å²) in [7, 11) is 0. The molecule has 2 aromatic rings. The molecule has 1 aromatic heterocycles. The van der Waals surface area contributed by atoms with Crippen LogP contribution in [0, 0.1) is 0 Å². The second-order valence-corrected chi connectivity index (χ2v) is 7.42. The maximum absolute atomic E-state index is 11.8. The first-order chi connectivity index (χ1) is 13.6. The van der Waals surface area contributed by atoms with Crippen molar-refractivity contribution in [2.75, 3.05) is 24.5 Å². The molecule has 1 aliphatic rings. The highest BCUT2D eigenvalue weighted by molar-refractivity contribution is 5.69. The zero-order chi connectivity index (χ0) is 19.9. The van der Waals surface area contributed by atoms with Crippen LogP contribution in [0.2, 0.25) is 0 Å². The van der Waals surface area contributed by atoms with Gasteiger partial charge in [0.1, 0.15) is 5.82 Å². The lowest BCUT2D eigenvalue weighted by molar-refractivity contribution is -0.149. The van der Waals surface area contributed by atoms with Gasteiger partial charge < -0.3 is 9.64 Å². The van der Waals surface area contributed by atoms with Gasteiger partial charge in [-0.2, -0.15) is 0 Å². The molecular weight excluding hydrogens is 352 g/mol. The summed E-state index contributed by atoms with van der Waals surface area (Å²) in [4.78, 5) is 25.6. The van der Waals surface area contributed by atoms with E-state index in [1.807, 2.05) is 19.9 Å². The molecular formula is C22H30N4O2. The van der Waals surface area contributed by atoms with Crippen LogP contribution >= 0.6 is 0 Å². The zero-order valence-corrected chi connectivity index (χ0v) is 17.0. The number of nitrogens with zero attached hydrogens (tertiary/aromatic N) is 4. The van der Waals surface area contributed by atoms with E-state index in [0.29, 0.717) is 18.3 Å². The Hall–Kier alpha value is -2.47. The van der Waals surface area contributed by atoms with E-state index in [0.717, 1.165) is 38.4 Å². The largest absolute Gasteiger partial charge is 0.454 e. The van der Waals surface area contributed by atoms with Crippen molar-refractivity contribution in [1.82, 2.24) is 14.9 Å². The first-order valence-electron chi connectivity index (χ1n) is 10.1. The Balaban J connectivity index is 1.62. The summed E-state index contributed by atoms with van der Waals surface area (Å²) in [6.45, 7) is 9.86. The molecule has 0 amide bonds. The van der Waals surface area contributed by atoms with Crippen molar-refractivity contribution in [2.24, 2.45) is 0 Å². The molecule has 1 aromatic carbocycles. The van der Waals surface area contributed by atoms with Crippen molar-refractivity contribution < 1.29 is 9.53 Å². The van der Waals surface area contributed by atoms with Crippen molar-refractivity contribution in [3.8, 4) is 0 Å². The number of hydrogen-bond acceptors (Lipinski definition) is 6. The van der Waals surface area contributed by atoms with Gasteiger partial charge in [0.15, 0.2) is 11.9 Å². The van der Waals surface area contributed by atoms with E-state index >= 15 is 0 Å². The van der Waals surface area contributed by atoms with Gasteiger partial charge in [-0.1, -0.05) is 37.3 Å². The Morgan fingerprint density at radius 1 is 1.25 bits per heavy atom. The van der Waals surface area contributed by atoms with Gasteiger partial charge in [-0.05, 0) is 31.9 Å². The molecule has 0 spiro atoms. The Kier molecular flexibility index (Phi) is 6.98. The number of esters is 1. The zero-order valence-electron chi connectivity index (χ0n) is 17.0. The van der Waals surface area contributed by atoms with Gasteiger partial charge in [-0.3, -0.25) is 9.69 Å². The van der Waals surface area contributed by atoms with Crippen LogP contribution in [0.25, 0.3) is 0 Å². The van der Waals surface area contributed by atoms with E-state index in [1.54, 1.807) is 6.20 Å². The lowest BCUT2D eigenvalue weighted by Crippen LogP contribution is -2.52. The van der Waals surface area contributed by atoms with Crippen LogP contribution in [0.4, 0.5) is 5.82 Å². The molecule has 0 N–H and O–H groups in total. The second-order valence-electron chi connectivity index (χ2n) is 7.42. The number of rotatable bonds is 7. The van der Waals surface area contributed by atoms with E-state index in [9.17, 15) is 4.79 Å². The maximum atomic E-state index is 11.8. The van der Waals surface area contributed by atoms with Crippen LogP contribution in [-0.2, 0) is 16.1 Å². The summed E-state index contributed by atoms with van der Waals surface area (Å²) in [6.07, 6.45) is 2.51. The monoisotopic (exact) mass is 382 g/mol. The predicted molar refractivity (Wildman–Crippen MR) is 110 cm³/mol. The van der Waals surface area contributed by atoms with E-state index in [2.05, 4.69) is 57.0 Å². The van der Waals surface area contributed by atoms with Crippen LogP contribution in [-0.4, -0.2) is 46.5 Å². The average Bonchev–Trinajstić information content (AvgIpc) is 2.69. The molecule has 0 unspecified atom stereocenters. The minimum absolute atomic E-state index is 0.202. The topological polar surface area (TPSA) is 58.6 Å². The van der Waals surface area contributed by atoms with Crippen LogP contribution in [0.5, 0.6) is 0 Å². The molecule has 1 saturated heterocycles. The highest BCUT2D eigenvalue weighted by Crippen LogP contribution is 2.22. The van der Waals surface area contributed by atoms with Gasteiger partial charge in [-0.15, -0.1) is 0 Å². The number of aromatic nitrogens is 2. The van der Waals surface area contributed by atoms with E-state index in [4.69, 9.17) is 4.74 Å². The Labute approximate surface area is 167 Å². The van der Waals surface area contributed by atoms with Gasteiger partial charge in [-0.25, -0.2) is 9.97 Å². The molecule has 6 nitrogen and oxygen atoms in total. The number of piperazine rings is 1. The first-order valence-corrected chi connectivity index (χ1v) is 10.1. The number of carbonyl (C=O) groups is 1. The predicted octanol–water partition coefficient (Wildman–Crippen LogP) is 3.59. The molecule has 1 fully saturated rings. The Morgan fingerprint density at radius 2 is 2.04 bits per heavy atom. The first kappa shape index (κ1) is 20.3. The number of carbonyl (C=O) groups excluding carboxylic acids is 1. The van der Waals surface area contributed by atoms with Crippen LogP contribution in [0.3, 0.4) is 0 Å². The number of hydrogen-bond donors (Lipinski definition) is 0. The third kappa shape index (κ3) is 5.29. The average molecular weight is 383 g/mol. The van der Waals surface area contributed by atoms with Crippen molar-refractivity contribution >= 4 is 11.8 Å². The molecule has 2 heterocycles. The maximum Gasteiger partial charge on any atom is 0.306 e. The van der Waals surface area contributed by atoms with Crippen molar-refractivity contribution in [3.63, 3.8) is 0 Å². The number of anilines is 1. The van der Waals surface area contributed by atoms with Gasteiger partial charge in [0.05, 0.1) is 0 Å². The highest BCUT2D eigenvalue weighted by Gasteiger charge is 2.25. The molecule has 150 valence electrons. The molecule has 2 atom stereocenters. The standard InChI is InChI=1S/C22H30N4O2/c1-4-8-21(27)28-18(3)22-23-12-11-20(24-22)26-14-13-25(15-17(26)2)16-19-9-6-5-7-10-19/h5-7,9-12,17-18H,4,8,13-16H2,1-3H3/t17-,18+/m0/s1. The Morgan fingerprint density at radius 3 is 2.75 bits per heavy atom. The SMILES string of the molecule is CCCC(=O)O[C@H](C)c1nccc(N2CCN(Cc3ccccc3)C[C@@H]2C)n1. The minimum Gasteiger partial charge on any atom is -0.454 e. The molecule has 6 heteroatoms. The van der Waals surface area contributed by atoms with Crippen molar-refractivity contribution in [2.45, 2.75) is 52.3 Å². The van der Waals surface area contributed by atoms with E-state index < -0.39 is 6.10 Å². The van der Waals surface area contributed by atoms with Gasteiger partial charge in [0.25, 0.3) is 0 Å². The van der Waals surface area contributed by atoms with Crippen molar-refractivity contribution in [1.29, 1.82) is 0 Å². The minimum atomic E-state index is -0.436. The van der Waals surface area contributed by atoms with Gasteiger partial charge >= 0.3 is 5.97 Å². The number of benzene rings is 1. The summed E-state index contributed by atoms with van der Waals surface area (Å²) < 4.78 is 5.44.